The SMILES string of the molecule is CN(C)S(=O)(=O)N(CC(=O)Nc1cccc([N+](=O)[O-])c1)c1ccccc1. The second-order valence-electron chi connectivity index (χ2n) is 5.49. The smallest absolute Gasteiger partial charge is 0.304 e. The summed E-state index contributed by atoms with van der Waals surface area (Å²) in [5, 5.41) is 13.3. The van der Waals surface area contributed by atoms with Gasteiger partial charge in [0.1, 0.15) is 6.54 Å². The van der Waals surface area contributed by atoms with Crippen LogP contribution in [0.4, 0.5) is 17.1 Å². The molecule has 2 rings (SSSR count). The molecule has 10 heteroatoms. The van der Waals surface area contributed by atoms with Crippen molar-refractivity contribution < 1.29 is 18.1 Å². The van der Waals surface area contributed by atoms with Crippen molar-refractivity contribution in [3.05, 3.63) is 64.7 Å². The molecule has 2 aromatic carbocycles. The second-order valence-corrected chi connectivity index (χ2v) is 7.55. The predicted molar refractivity (Wildman–Crippen MR) is 98.1 cm³/mol. The van der Waals surface area contributed by atoms with Gasteiger partial charge in [-0.25, -0.2) is 4.31 Å². The van der Waals surface area contributed by atoms with E-state index in [0.717, 1.165) is 8.61 Å². The van der Waals surface area contributed by atoms with Crippen molar-refractivity contribution in [1.82, 2.24) is 4.31 Å². The van der Waals surface area contributed by atoms with Crippen LogP contribution in [0.15, 0.2) is 54.6 Å². The average molecular weight is 378 g/mol. The number of anilines is 2. The topological polar surface area (TPSA) is 113 Å². The highest BCUT2D eigenvalue weighted by Crippen LogP contribution is 2.20. The molecule has 0 unspecified atom stereocenters. The van der Waals surface area contributed by atoms with Crippen molar-refractivity contribution in [1.29, 1.82) is 0 Å². The lowest BCUT2D eigenvalue weighted by atomic mass is 10.3. The zero-order valence-electron chi connectivity index (χ0n) is 14.2. The molecule has 26 heavy (non-hydrogen) atoms. The Morgan fingerprint density at radius 1 is 1.12 bits per heavy atom. The summed E-state index contributed by atoms with van der Waals surface area (Å²) in [5.41, 5.74) is 0.360. The number of rotatable bonds is 7. The second kappa shape index (κ2) is 7.93. The zero-order valence-corrected chi connectivity index (χ0v) is 15.0. The number of hydrogen-bond acceptors (Lipinski definition) is 5. The fraction of sp³-hybridized carbons (Fsp3) is 0.188. The largest absolute Gasteiger partial charge is 0.324 e. The van der Waals surface area contributed by atoms with Crippen LogP contribution in [0, 0.1) is 10.1 Å². The maximum absolute atomic E-state index is 12.5. The molecule has 0 atom stereocenters. The van der Waals surface area contributed by atoms with Gasteiger partial charge in [0.05, 0.1) is 10.6 Å². The zero-order chi connectivity index (χ0) is 19.3. The average Bonchev–Trinajstić information content (AvgIpc) is 2.60. The number of nitrogens with one attached hydrogen (secondary N) is 1. The van der Waals surface area contributed by atoms with Crippen LogP contribution < -0.4 is 9.62 Å². The van der Waals surface area contributed by atoms with Crippen molar-refractivity contribution in [2.45, 2.75) is 0 Å². The number of carbonyl (C=O) groups is 1. The van der Waals surface area contributed by atoms with Crippen molar-refractivity contribution in [2.75, 3.05) is 30.3 Å². The van der Waals surface area contributed by atoms with Crippen LogP contribution >= 0.6 is 0 Å². The Bertz CT molecular complexity index is 900. The molecule has 0 bridgehead atoms. The van der Waals surface area contributed by atoms with Gasteiger partial charge in [0.15, 0.2) is 0 Å². The quantitative estimate of drug-likeness (QED) is 0.583. The number of amides is 1. The third kappa shape index (κ3) is 4.55. The third-order valence-electron chi connectivity index (χ3n) is 3.41. The summed E-state index contributed by atoms with van der Waals surface area (Å²) in [4.78, 5) is 22.6. The van der Waals surface area contributed by atoms with Crippen LogP contribution in [0.2, 0.25) is 0 Å². The van der Waals surface area contributed by atoms with E-state index in [1.165, 1.54) is 38.4 Å². The van der Waals surface area contributed by atoms with E-state index < -0.39 is 27.6 Å². The normalized spacial score (nSPS) is 11.2. The highest BCUT2D eigenvalue weighted by atomic mass is 32.2. The van der Waals surface area contributed by atoms with Gasteiger partial charge in [-0.15, -0.1) is 0 Å². The lowest BCUT2D eigenvalue weighted by molar-refractivity contribution is -0.384. The Balaban J connectivity index is 2.24. The van der Waals surface area contributed by atoms with Gasteiger partial charge in [-0.1, -0.05) is 24.3 Å². The van der Waals surface area contributed by atoms with Crippen LogP contribution in [0.25, 0.3) is 0 Å². The minimum Gasteiger partial charge on any atom is -0.324 e. The molecule has 0 saturated heterocycles. The molecule has 0 spiro atoms. The van der Waals surface area contributed by atoms with Crippen LogP contribution in [0.3, 0.4) is 0 Å². The van der Waals surface area contributed by atoms with Crippen LogP contribution in [0.1, 0.15) is 0 Å². The number of carbonyl (C=O) groups excluding carboxylic acids is 1. The van der Waals surface area contributed by atoms with E-state index in [0.29, 0.717) is 5.69 Å². The molecule has 2 aromatic rings. The first kappa shape index (κ1) is 19.3. The van der Waals surface area contributed by atoms with Crippen LogP contribution in [-0.4, -0.2) is 44.2 Å². The first-order valence-corrected chi connectivity index (χ1v) is 8.91. The summed E-state index contributed by atoms with van der Waals surface area (Å²) in [7, 11) is -1.17. The molecule has 9 nitrogen and oxygen atoms in total. The molecule has 0 saturated carbocycles. The summed E-state index contributed by atoms with van der Waals surface area (Å²) in [6.07, 6.45) is 0. The van der Waals surface area contributed by atoms with Gasteiger partial charge in [0.25, 0.3) is 5.69 Å². The van der Waals surface area contributed by atoms with Gasteiger partial charge in [0.2, 0.25) is 5.91 Å². The van der Waals surface area contributed by atoms with Crippen molar-refractivity contribution >= 4 is 33.2 Å². The Morgan fingerprint density at radius 3 is 2.35 bits per heavy atom. The van der Waals surface area contributed by atoms with E-state index in [1.54, 1.807) is 30.3 Å². The standard InChI is InChI=1S/C16H18N4O5S/c1-18(2)26(24,25)19(14-8-4-3-5-9-14)12-16(21)17-13-7-6-10-15(11-13)20(22)23/h3-11H,12H2,1-2H3,(H,17,21). The number of non-ortho nitro benzene ring substituents is 1. The van der Waals surface area contributed by atoms with Gasteiger partial charge in [0, 0.05) is 31.9 Å². The Labute approximate surface area is 151 Å². The molecule has 0 aliphatic rings. The molecule has 0 fully saturated rings. The maximum atomic E-state index is 12.5. The molecule has 0 aliphatic carbocycles. The Hall–Kier alpha value is -2.98. The lowest BCUT2D eigenvalue weighted by Crippen LogP contribution is -2.44. The highest BCUT2D eigenvalue weighted by Gasteiger charge is 2.27. The fourth-order valence-electron chi connectivity index (χ4n) is 2.13. The van der Waals surface area contributed by atoms with E-state index >= 15 is 0 Å². The fourth-order valence-corrected chi connectivity index (χ4v) is 3.19. The van der Waals surface area contributed by atoms with Crippen LogP contribution in [0.5, 0.6) is 0 Å². The molecule has 0 radical (unpaired) electrons. The molecule has 1 N–H and O–H groups in total. The van der Waals surface area contributed by atoms with Gasteiger partial charge >= 0.3 is 10.2 Å². The van der Waals surface area contributed by atoms with Gasteiger partial charge in [-0.3, -0.25) is 14.9 Å². The van der Waals surface area contributed by atoms with Crippen molar-refractivity contribution in [2.24, 2.45) is 0 Å². The summed E-state index contributed by atoms with van der Waals surface area (Å²) in [6.45, 7) is -0.479. The molecule has 1 amide bonds. The van der Waals surface area contributed by atoms with Gasteiger partial charge in [-0.2, -0.15) is 12.7 Å². The summed E-state index contributed by atoms with van der Waals surface area (Å²) < 4.78 is 27.0. The monoisotopic (exact) mass is 378 g/mol. The minimum absolute atomic E-state index is 0.177. The minimum atomic E-state index is -3.90. The number of para-hydroxylation sites is 1. The van der Waals surface area contributed by atoms with E-state index in [4.69, 9.17) is 0 Å². The summed E-state index contributed by atoms with van der Waals surface area (Å²) in [6, 6.07) is 13.6. The summed E-state index contributed by atoms with van der Waals surface area (Å²) in [5.74, 6) is -0.625. The van der Waals surface area contributed by atoms with Crippen molar-refractivity contribution in [3.8, 4) is 0 Å². The van der Waals surface area contributed by atoms with Crippen LogP contribution in [-0.2, 0) is 15.0 Å². The molecule has 0 heterocycles. The van der Waals surface area contributed by atoms with E-state index in [9.17, 15) is 23.3 Å². The van der Waals surface area contributed by atoms with Gasteiger partial charge < -0.3 is 5.32 Å². The summed E-state index contributed by atoms with van der Waals surface area (Å²) >= 11 is 0. The molecular weight excluding hydrogens is 360 g/mol. The molecule has 0 aliphatic heterocycles. The number of nitro groups is 1. The van der Waals surface area contributed by atoms with Crippen molar-refractivity contribution in [3.63, 3.8) is 0 Å². The number of hydrogen-bond donors (Lipinski definition) is 1. The van der Waals surface area contributed by atoms with E-state index in [2.05, 4.69) is 5.32 Å². The predicted octanol–water partition coefficient (Wildman–Crippen LogP) is 1.85. The number of nitrogens with zero attached hydrogens (tertiary/aromatic N) is 3. The third-order valence-corrected chi connectivity index (χ3v) is 5.23. The van der Waals surface area contributed by atoms with E-state index in [1.807, 2.05) is 0 Å². The Kier molecular flexibility index (Phi) is 5.90. The number of nitro benzene ring substituents is 1. The first-order chi connectivity index (χ1) is 12.2. The number of benzene rings is 2. The van der Waals surface area contributed by atoms with Gasteiger partial charge in [-0.05, 0) is 18.2 Å². The highest BCUT2D eigenvalue weighted by molar-refractivity contribution is 7.90. The molecular formula is C16H18N4O5S. The maximum Gasteiger partial charge on any atom is 0.304 e. The molecule has 138 valence electrons. The first-order valence-electron chi connectivity index (χ1n) is 7.51. The molecule has 0 aromatic heterocycles. The lowest BCUT2D eigenvalue weighted by Gasteiger charge is -2.26. The Morgan fingerprint density at radius 2 is 1.77 bits per heavy atom. The van der Waals surface area contributed by atoms with E-state index in [-0.39, 0.29) is 11.4 Å².